The largest absolute Gasteiger partial charge is 0.481 e. The van der Waals surface area contributed by atoms with Gasteiger partial charge in [0, 0.05) is 14.1 Å². The number of hydrogen-bond acceptors (Lipinski definition) is 2. The van der Waals surface area contributed by atoms with Crippen LogP contribution in [0.25, 0.3) is 0 Å². The molecule has 4 heteroatoms. The molecule has 90 valence electrons. The number of carbonyl (C=O) groups is 2. The van der Waals surface area contributed by atoms with E-state index in [1.54, 1.807) is 21.0 Å². The maximum atomic E-state index is 10.3. The molecule has 0 heterocycles. The minimum atomic E-state index is -0.670. The van der Waals surface area contributed by atoms with E-state index in [0.29, 0.717) is 0 Å². The summed E-state index contributed by atoms with van der Waals surface area (Å²) in [7, 11) is 3.38. The van der Waals surface area contributed by atoms with E-state index in [9.17, 15) is 9.59 Å². The third-order valence-corrected chi connectivity index (χ3v) is 1.87. The molecule has 1 N–H and O–H groups in total. The number of nitrogens with zero attached hydrogens (tertiary/aromatic N) is 1. The number of amides is 1. The molecule has 4 nitrogen and oxygen atoms in total. The lowest BCUT2D eigenvalue weighted by Gasteiger charge is -2.03. The van der Waals surface area contributed by atoms with E-state index in [2.05, 4.69) is 6.92 Å². The molecule has 0 saturated heterocycles. The molecule has 0 aliphatic heterocycles. The highest BCUT2D eigenvalue weighted by atomic mass is 16.4. The SMILES string of the molecule is CCCCCC(C)C(=O)O.CN(C)C=O. The van der Waals surface area contributed by atoms with Gasteiger partial charge in [0.15, 0.2) is 0 Å². The Labute approximate surface area is 92.3 Å². The predicted molar refractivity (Wildman–Crippen MR) is 60.7 cm³/mol. The third-order valence-electron chi connectivity index (χ3n) is 1.87. The van der Waals surface area contributed by atoms with Gasteiger partial charge >= 0.3 is 5.97 Å². The highest BCUT2D eigenvalue weighted by Crippen LogP contribution is 2.08. The van der Waals surface area contributed by atoms with Crippen molar-refractivity contribution in [3.63, 3.8) is 0 Å². The molecule has 0 bridgehead atoms. The minimum Gasteiger partial charge on any atom is -0.481 e. The lowest BCUT2D eigenvalue weighted by Crippen LogP contribution is -2.08. The zero-order chi connectivity index (χ0) is 12.3. The molecule has 0 rings (SSSR count). The van der Waals surface area contributed by atoms with E-state index in [0.717, 1.165) is 32.1 Å². The number of carbonyl (C=O) groups excluding carboxylic acids is 1. The average molecular weight is 217 g/mol. The Kier molecular flexibility index (Phi) is 12.0. The van der Waals surface area contributed by atoms with Gasteiger partial charge in [-0.3, -0.25) is 9.59 Å². The number of rotatable bonds is 6. The first-order valence-electron chi connectivity index (χ1n) is 5.30. The molecule has 0 aliphatic rings. The van der Waals surface area contributed by atoms with Crippen molar-refractivity contribution in [2.24, 2.45) is 5.92 Å². The van der Waals surface area contributed by atoms with E-state index in [1.807, 2.05) is 0 Å². The summed E-state index contributed by atoms with van der Waals surface area (Å²) in [6.07, 6.45) is 4.93. The molecule has 15 heavy (non-hydrogen) atoms. The summed E-state index contributed by atoms with van der Waals surface area (Å²) in [5.74, 6) is -0.831. The quantitative estimate of drug-likeness (QED) is 0.547. The lowest BCUT2D eigenvalue weighted by molar-refractivity contribution is -0.141. The van der Waals surface area contributed by atoms with Gasteiger partial charge in [-0.2, -0.15) is 0 Å². The molecule has 0 spiro atoms. The summed E-state index contributed by atoms with van der Waals surface area (Å²) in [6, 6.07) is 0. The van der Waals surface area contributed by atoms with Crippen LogP contribution in [0.5, 0.6) is 0 Å². The first-order chi connectivity index (χ1) is 6.95. The summed E-state index contributed by atoms with van der Waals surface area (Å²) in [5.41, 5.74) is 0. The topological polar surface area (TPSA) is 57.6 Å². The van der Waals surface area contributed by atoms with Crippen LogP contribution in [0.2, 0.25) is 0 Å². The maximum absolute atomic E-state index is 10.3. The summed E-state index contributed by atoms with van der Waals surface area (Å²) in [5, 5.41) is 8.48. The van der Waals surface area contributed by atoms with Gasteiger partial charge in [0.25, 0.3) is 0 Å². The smallest absolute Gasteiger partial charge is 0.306 e. The molecule has 0 aliphatic carbocycles. The summed E-state index contributed by atoms with van der Waals surface area (Å²) >= 11 is 0. The van der Waals surface area contributed by atoms with Crippen molar-refractivity contribution in [3.8, 4) is 0 Å². The molecule has 1 amide bonds. The van der Waals surface area contributed by atoms with Crippen LogP contribution in [0.3, 0.4) is 0 Å². The fourth-order valence-corrected chi connectivity index (χ4v) is 0.824. The normalized spacial score (nSPS) is 10.9. The predicted octanol–water partition coefficient (Wildman–Crippen LogP) is 1.99. The van der Waals surface area contributed by atoms with E-state index in [1.165, 1.54) is 4.90 Å². The first-order valence-corrected chi connectivity index (χ1v) is 5.30. The third kappa shape index (κ3) is 15.7. The van der Waals surface area contributed by atoms with E-state index in [-0.39, 0.29) is 5.92 Å². The van der Waals surface area contributed by atoms with Gasteiger partial charge < -0.3 is 10.0 Å². The maximum Gasteiger partial charge on any atom is 0.306 e. The second-order valence-electron chi connectivity index (χ2n) is 3.80. The van der Waals surface area contributed by atoms with Gasteiger partial charge in [-0.25, -0.2) is 0 Å². The van der Waals surface area contributed by atoms with Crippen LogP contribution in [0.1, 0.15) is 39.5 Å². The van der Waals surface area contributed by atoms with Crippen molar-refractivity contribution < 1.29 is 14.7 Å². The van der Waals surface area contributed by atoms with Gasteiger partial charge in [0.1, 0.15) is 0 Å². The van der Waals surface area contributed by atoms with Crippen LogP contribution < -0.4 is 0 Å². The molecule has 0 aromatic heterocycles. The van der Waals surface area contributed by atoms with Gasteiger partial charge in [-0.15, -0.1) is 0 Å². The Hall–Kier alpha value is -1.06. The number of aliphatic carboxylic acids is 1. The van der Waals surface area contributed by atoms with Crippen molar-refractivity contribution in [2.45, 2.75) is 39.5 Å². The summed E-state index contributed by atoms with van der Waals surface area (Å²) < 4.78 is 0. The molecule has 0 radical (unpaired) electrons. The number of carboxylic acid groups (broad SMARTS) is 1. The zero-order valence-corrected chi connectivity index (χ0v) is 10.2. The summed E-state index contributed by atoms with van der Waals surface area (Å²) in [6.45, 7) is 3.88. The monoisotopic (exact) mass is 217 g/mol. The molecule has 0 saturated carbocycles. The van der Waals surface area contributed by atoms with Gasteiger partial charge in [0.05, 0.1) is 5.92 Å². The van der Waals surface area contributed by atoms with Gasteiger partial charge in [-0.05, 0) is 6.42 Å². The fraction of sp³-hybridized carbons (Fsp3) is 0.818. The van der Waals surface area contributed by atoms with E-state index >= 15 is 0 Å². The Morgan fingerprint density at radius 3 is 2.13 bits per heavy atom. The minimum absolute atomic E-state index is 0.161. The van der Waals surface area contributed by atoms with Crippen molar-refractivity contribution in [2.75, 3.05) is 14.1 Å². The zero-order valence-electron chi connectivity index (χ0n) is 10.2. The number of unbranched alkanes of at least 4 members (excludes halogenated alkanes) is 2. The van der Waals surface area contributed by atoms with Crippen LogP contribution in [-0.4, -0.2) is 36.5 Å². The molecule has 0 aromatic rings. The summed E-state index contributed by atoms with van der Waals surface area (Å²) in [4.78, 5) is 21.2. The first kappa shape index (κ1) is 16.4. The molecular formula is C11H23NO3. The second kappa shape index (κ2) is 11.0. The van der Waals surface area contributed by atoms with Crippen molar-refractivity contribution in [1.82, 2.24) is 4.90 Å². The van der Waals surface area contributed by atoms with E-state index in [4.69, 9.17) is 5.11 Å². The molecular weight excluding hydrogens is 194 g/mol. The van der Waals surface area contributed by atoms with Crippen molar-refractivity contribution in [1.29, 1.82) is 0 Å². The lowest BCUT2D eigenvalue weighted by atomic mass is 10.0. The van der Waals surface area contributed by atoms with Crippen LogP contribution in [0.4, 0.5) is 0 Å². The Morgan fingerprint density at radius 2 is 1.87 bits per heavy atom. The van der Waals surface area contributed by atoms with Gasteiger partial charge in [0.2, 0.25) is 6.41 Å². The number of carboxylic acids is 1. The highest BCUT2D eigenvalue weighted by molar-refractivity contribution is 5.69. The average Bonchev–Trinajstić information content (AvgIpc) is 2.18. The van der Waals surface area contributed by atoms with Gasteiger partial charge in [-0.1, -0.05) is 33.1 Å². The van der Waals surface area contributed by atoms with Crippen LogP contribution >= 0.6 is 0 Å². The second-order valence-corrected chi connectivity index (χ2v) is 3.80. The number of hydrogen-bond donors (Lipinski definition) is 1. The fourth-order valence-electron chi connectivity index (χ4n) is 0.824. The van der Waals surface area contributed by atoms with Crippen LogP contribution in [0, 0.1) is 5.92 Å². The Bertz CT molecular complexity index is 169. The van der Waals surface area contributed by atoms with Crippen LogP contribution in [0.15, 0.2) is 0 Å². The standard InChI is InChI=1S/C8H16O2.C3H7NO/c1-3-4-5-6-7(2)8(9)10;1-4(2)3-5/h7H,3-6H2,1-2H3,(H,9,10);3H,1-2H3. The Morgan fingerprint density at radius 1 is 1.40 bits per heavy atom. The van der Waals surface area contributed by atoms with Crippen molar-refractivity contribution >= 4 is 12.4 Å². The van der Waals surface area contributed by atoms with Crippen molar-refractivity contribution in [3.05, 3.63) is 0 Å². The molecule has 0 fully saturated rings. The molecule has 0 aromatic carbocycles. The van der Waals surface area contributed by atoms with Crippen LogP contribution in [-0.2, 0) is 9.59 Å². The molecule has 1 atom stereocenters. The Balaban J connectivity index is 0. The molecule has 1 unspecified atom stereocenters. The van der Waals surface area contributed by atoms with E-state index < -0.39 is 5.97 Å². The highest BCUT2D eigenvalue weighted by Gasteiger charge is 2.08.